The average Bonchev–Trinajstić information content (AvgIpc) is 2.75. The summed E-state index contributed by atoms with van der Waals surface area (Å²) in [6.45, 7) is 3.80. The summed E-state index contributed by atoms with van der Waals surface area (Å²) in [4.78, 5) is 0. The van der Waals surface area contributed by atoms with Crippen LogP contribution in [0.15, 0.2) is 30.5 Å². The second-order valence-electron chi connectivity index (χ2n) is 4.43. The Morgan fingerprint density at radius 1 is 1.17 bits per heavy atom. The summed E-state index contributed by atoms with van der Waals surface area (Å²) < 4.78 is 27.5. The van der Waals surface area contributed by atoms with E-state index in [1.165, 1.54) is 6.20 Å². The van der Waals surface area contributed by atoms with Gasteiger partial charge in [-0.05, 0) is 26.0 Å². The summed E-state index contributed by atoms with van der Waals surface area (Å²) in [5.74, 6) is 0. The van der Waals surface area contributed by atoms with Crippen LogP contribution in [0.3, 0.4) is 0 Å². The lowest BCUT2D eigenvalue weighted by molar-refractivity contribution is 0.152. The Balaban J connectivity index is 2.51. The molecule has 18 heavy (non-hydrogen) atoms. The maximum atomic E-state index is 13.0. The van der Waals surface area contributed by atoms with Crippen molar-refractivity contribution in [1.29, 1.82) is 0 Å². The molecule has 0 atom stereocenters. The Morgan fingerprint density at radius 3 is 2.28 bits per heavy atom. The number of nitrogens with two attached hydrogens (primary N) is 1. The molecular weight excluding hydrogens is 236 g/mol. The summed E-state index contributed by atoms with van der Waals surface area (Å²) in [7, 11) is 0. The first-order valence-electron chi connectivity index (χ1n) is 5.72. The van der Waals surface area contributed by atoms with Gasteiger partial charge in [0.1, 0.15) is 5.69 Å². The number of halogens is 2. The van der Waals surface area contributed by atoms with Crippen LogP contribution in [0.1, 0.15) is 31.9 Å². The minimum Gasteiger partial charge on any atom is -0.399 e. The molecule has 2 rings (SSSR count). The lowest BCUT2D eigenvalue weighted by atomic mass is 10.1. The number of nitrogen functional groups attached to an aromatic ring is 1. The second kappa shape index (κ2) is 4.76. The quantitative estimate of drug-likeness (QED) is 0.846. The van der Waals surface area contributed by atoms with E-state index in [0.717, 1.165) is 0 Å². The molecule has 1 aromatic heterocycles. The molecule has 0 unspecified atom stereocenters. The molecule has 0 saturated carbocycles. The minimum absolute atomic E-state index is 0.0463. The first kappa shape index (κ1) is 12.5. The summed E-state index contributed by atoms with van der Waals surface area (Å²) in [6, 6.07) is 6.81. The topological polar surface area (TPSA) is 43.8 Å². The van der Waals surface area contributed by atoms with Gasteiger partial charge in [0.15, 0.2) is 0 Å². The van der Waals surface area contributed by atoms with Gasteiger partial charge in [-0.1, -0.05) is 12.1 Å². The number of nitrogens with zero attached hydrogens (tertiary/aromatic N) is 2. The fraction of sp³-hybridized carbons (Fsp3) is 0.308. The summed E-state index contributed by atoms with van der Waals surface area (Å²) in [5.41, 5.74) is 7.10. The molecule has 1 aromatic carbocycles. The molecule has 0 aliphatic carbocycles. The van der Waals surface area contributed by atoms with Gasteiger partial charge in [-0.25, -0.2) is 8.78 Å². The molecule has 0 aliphatic heterocycles. The van der Waals surface area contributed by atoms with Crippen molar-refractivity contribution in [3.8, 4) is 11.3 Å². The molecule has 0 spiro atoms. The van der Waals surface area contributed by atoms with E-state index in [-0.39, 0.29) is 11.6 Å². The molecule has 3 nitrogen and oxygen atoms in total. The van der Waals surface area contributed by atoms with Gasteiger partial charge in [-0.15, -0.1) is 0 Å². The number of hydrogen-bond donors (Lipinski definition) is 1. The molecular formula is C13H15F2N3. The molecule has 0 radical (unpaired) electrons. The first-order chi connectivity index (χ1) is 8.49. The van der Waals surface area contributed by atoms with E-state index in [4.69, 9.17) is 5.73 Å². The minimum atomic E-state index is -2.54. The van der Waals surface area contributed by atoms with Gasteiger partial charge in [-0.3, -0.25) is 4.68 Å². The highest BCUT2D eigenvalue weighted by Crippen LogP contribution is 2.31. The maximum absolute atomic E-state index is 13.0. The van der Waals surface area contributed by atoms with Crippen LogP contribution in [0.4, 0.5) is 14.5 Å². The van der Waals surface area contributed by atoms with Crippen LogP contribution in [0.25, 0.3) is 11.3 Å². The van der Waals surface area contributed by atoms with Crippen molar-refractivity contribution in [1.82, 2.24) is 9.78 Å². The van der Waals surface area contributed by atoms with Crippen LogP contribution < -0.4 is 5.73 Å². The van der Waals surface area contributed by atoms with Gasteiger partial charge in [0.05, 0.1) is 5.56 Å². The van der Waals surface area contributed by atoms with E-state index in [1.807, 2.05) is 13.8 Å². The van der Waals surface area contributed by atoms with Gasteiger partial charge in [0, 0.05) is 23.5 Å². The molecule has 1 heterocycles. The Hall–Kier alpha value is -1.91. The lowest BCUT2D eigenvalue weighted by Gasteiger charge is -2.03. The number of rotatable bonds is 3. The first-order valence-corrected chi connectivity index (χ1v) is 5.72. The van der Waals surface area contributed by atoms with E-state index in [0.29, 0.717) is 16.9 Å². The Kier molecular flexibility index (Phi) is 3.32. The number of hydrogen-bond acceptors (Lipinski definition) is 2. The largest absolute Gasteiger partial charge is 0.399 e. The summed E-state index contributed by atoms with van der Waals surface area (Å²) in [6.07, 6.45) is -1.13. The van der Waals surface area contributed by atoms with Crippen molar-refractivity contribution in [3.05, 3.63) is 36.0 Å². The molecule has 2 aromatic rings. The fourth-order valence-corrected chi connectivity index (χ4v) is 1.70. The monoisotopic (exact) mass is 251 g/mol. The van der Waals surface area contributed by atoms with E-state index in [1.54, 1.807) is 28.9 Å². The average molecular weight is 251 g/mol. The molecule has 5 heteroatoms. The zero-order valence-corrected chi connectivity index (χ0v) is 10.3. The molecule has 0 fully saturated rings. The van der Waals surface area contributed by atoms with Crippen LogP contribution in [0, 0.1) is 0 Å². The van der Waals surface area contributed by atoms with E-state index in [9.17, 15) is 8.78 Å². The number of benzene rings is 1. The van der Waals surface area contributed by atoms with Gasteiger partial charge >= 0.3 is 0 Å². The standard InChI is InChI=1S/C13H15F2N3/c1-8(2)18-7-11(13(14)15)12(17-18)9-3-5-10(16)6-4-9/h3-8,13H,16H2,1-2H3. The Labute approximate surface area is 104 Å². The lowest BCUT2D eigenvalue weighted by Crippen LogP contribution is -2.00. The zero-order valence-electron chi connectivity index (χ0n) is 10.3. The van der Waals surface area contributed by atoms with Crippen molar-refractivity contribution in [2.24, 2.45) is 0 Å². The van der Waals surface area contributed by atoms with Gasteiger partial charge in [0.25, 0.3) is 6.43 Å². The third-order valence-corrected chi connectivity index (χ3v) is 2.71. The molecule has 0 saturated heterocycles. The van der Waals surface area contributed by atoms with Crippen LogP contribution in [-0.2, 0) is 0 Å². The number of aromatic nitrogens is 2. The fourth-order valence-electron chi connectivity index (χ4n) is 1.70. The molecule has 2 N–H and O–H groups in total. The van der Waals surface area contributed by atoms with E-state index in [2.05, 4.69) is 5.10 Å². The van der Waals surface area contributed by atoms with Crippen LogP contribution >= 0.6 is 0 Å². The molecule has 96 valence electrons. The van der Waals surface area contributed by atoms with Crippen molar-refractivity contribution in [2.45, 2.75) is 26.3 Å². The Bertz CT molecular complexity index is 530. The van der Waals surface area contributed by atoms with E-state index >= 15 is 0 Å². The third kappa shape index (κ3) is 2.34. The highest BCUT2D eigenvalue weighted by Gasteiger charge is 2.19. The van der Waals surface area contributed by atoms with Crippen molar-refractivity contribution in [3.63, 3.8) is 0 Å². The van der Waals surface area contributed by atoms with Gasteiger partial charge in [0.2, 0.25) is 0 Å². The van der Waals surface area contributed by atoms with Gasteiger partial charge < -0.3 is 5.73 Å². The van der Waals surface area contributed by atoms with Crippen LogP contribution in [-0.4, -0.2) is 9.78 Å². The van der Waals surface area contributed by atoms with Crippen LogP contribution in [0.5, 0.6) is 0 Å². The predicted octanol–water partition coefficient (Wildman–Crippen LogP) is 3.65. The molecule has 0 bridgehead atoms. The highest BCUT2D eigenvalue weighted by molar-refractivity contribution is 5.65. The van der Waals surface area contributed by atoms with Crippen molar-refractivity contribution in [2.75, 3.05) is 5.73 Å². The maximum Gasteiger partial charge on any atom is 0.267 e. The molecule has 0 amide bonds. The normalized spacial score (nSPS) is 11.4. The Morgan fingerprint density at radius 2 is 1.78 bits per heavy atom. The van der Waals surface area contributed by atoms with E-state index < -0.39 is 6.43 Å². The predicted molar refractivity (Wildman–Crippen MR) is 67.4 cm³/mol. The second-order valence-corrected chi connectivity index (χ2v) is 4.43. The van der Waals surface area contributed by atoms with Crippen LogP contribution in [0.2, 0.25) is 0 Å². The highest BCUT2D eigenvalue weighted by atomic mass is 19.3. The van der Waals surface area contributed by atoms with Crippen molar-refractivity contribution >= 4 is 5.69 Å². The summed E-state index contributed by atoms with van der Waals surface area (Å²) in [5, 5.41) is 4.23. The number of alkyl halides is 2. The van der Waals surface area contributed by atoms with Crippen molar-refractivity contribution < 1.29 is 8.78 Å². The number of anilines is 1. The van der Waals surface area contributed by atoms with Gasteiger partial charge in [-0.2, -0.15) is 5.10 Å². The smallest absolute Gasteiger partial charge is 0.267 e. The zero-order chi connectivity index (χ0) is 13.3. The SMILES string of the molecule is CC(C)n1cc(C(F)F)c(-c2ccc(N)cc2)n1. The molecule has 0 aliphatic rings. The third-order valence-electron chi connectivity index (χ3n) is 2.71. The summed E-state index contributed by atoms with van der Waals surface area (Å²) >= 11 is 0.